The summed E-state index contributed by atoms with van der Waals surface area (Å²) in [5, 5.41) is 3.88. The Bertz CT molecular complexity index is 463. The highest BCUT2D eigenvalue weighted by molar-refractivity contribution is 6.30. The Morgan fingerprint density at radius 1 is 1.52 bits per heavy atom. The van der Waals surface area contributed by atoms with Crippen molar-refractivity contribution in [1.29, 1.82) is 0 Å². The Morgan fingerprint density at radius 2 is 2.29 bits per heavy atom. The summed E-state index contributed by atoms with van der Waals surface area (Å²) in [7, 11) is 0. The molecule has 1 fully saturated rings. The van der Waals surface area contributed by atoms with Crippen LogP contribution in [0.4, 0.5) is 0 Å². The fraction of sp³-hybridized carbons (Fsp3) is 0.533. The number of nitrogens with one attached hydrogen (secondary N) is 1. The first-order valence-corrected chi connectivity index (χ1v) is 7.33. The summed E-state index contributed by atoms with van der Waals surface area (Å²) < 4.78 is 5.55. The third kappa shape index (κ3) is 5.15. The molecule has 1 aliphatic heterocycles. The number of halogens is 2. The van der Waals surface area contributed by atoms with Crippen molar-refractivity contribution in [3.63, 3.8) is 0 Å². The van der Waals surface area contributed by atoms with Gasteiger partial charge in [0.15, 0.2) is 0 Å². The normalized spacial score (nSPS) is 18.2. The van der Waals surface area contributed by atoms with E-state index in [4.69, 9.17) is 16.3 Å². The molecule has 0 saturated carbocycles. The van der Waals surface area contributed by atoms with E-state index >= 15 is 0 Å². The Labute approximate surface area is 137 Å². The molecule has 0 aliphatic carbocycles. The van der Waals surface area contributed by atoms with Crippen LogP contribution in [0.2, 0.25) is 5.02 Å². The van der Waals surface area contributed by atoms with Crippen LogP contribution in [0.5, 0.6) is 0 Å². The second-order valence-corrected chi connectivity index (χ2v) is 5.69. The van der Waals surface area contributed by atoms with Gasteiger partial charge in [0, 0.05) is 30.7 Å². The van der Waals surface area contributed by atoms with Gasteiger partial charge >= 0.3 is 0 Å². The van der Waals surface area contributed by atoms with E-state index in [-0.39, 0.29) is 30.5 Å². The highest BCUT2D eigenvalue weighted by Crippen LogP contribution is 2.16. The molecule has 1 heterocycles. The molecular formula is C15H22Cl2N2O2. The van der Waals surface area contributed by atoms with Gasteiger partial charge in [0.1, 0.15) is 6.10 Å². The topological polar surface area (TPSA) is 41.6 Å². The van der Waals surface area contributed by atoms with E-state index in [1.165, 1.54) is 0 Å². The minimum absolute atomic E-state index is 0. The third-order valence-electron chi connectivity index (χ3n) is 3.35. The lowest BCUT2D eigenvalue weighted by Gasteiger charge is -2.32. The molecule has 1 atom stereocenters. The minimum atomic E-state index is -0.384. The molecule has 1 unspecified atom stereocenters. The van der Waals surface area contributed by atoms with Gasteiger partial charge in [0.05, 0.1) is 6.61 Å². The summed E-state index contributed by atoms with van der Waals surface area (Å²) >= 11 is 6.00. The fourth-order valence-corrected chi connectivity index (χ4v) is 2.47. The van der Waals surface area contributed by atoms with Crippen LogP contribution >= 0.6 is 24.0 Å². The van der Waals surface area contributed by atoms with E-state index in [0.717, 1.165) is 12.1 Å². The first kappa shape index (κ1) is 18.2. The third-order valence-corrected chi connectivity index (χ3v) is 3.59. The molecule has 0 spiro atoms. The monoisotopic (exact) mass is 332 g/mol. The number of hydrogen-bond donors (Lipinski definition) is 1. The quantitative estimate of drug-likeness (QED) is 0.920. The average Bonchev–Trinajstić information content (AvgIpc) is 2.45. The van der Waals surface area contributed by atoms with E-state index in [2.05, 4.69) is 5.32 Å². The van der Waals surface area contributed by atoms with Crippen LogP contribution in [0.25, 0.3) is 0 Å². The van der Waals surface area contributed by atoms with Crippen LogP contribution in [-0.4, -0.2) is 42.6 Å². The van der Waals surface area contributed by atoms with Gasteiger partial charge in [-0.25, -0.2) is 0 Å². The van der Waals surface area contributed by atoms with Gasteiger partial charge in [0.2, 0.25) is 0 Å². The molecule has 118 valence electrons. The van der Waals surface area contributed by atoms with Crippen molar-refractivity contribution in [3.05, 3.63) is 34.9 Å². The van der Waals surface area contributed by atoms with Gasteiger partial charge < -0.3 is 15.0 Å². The van der Waals surface area contributed by atoms with Crippen LogP contribution in [-0.2, 0) is 16.1 Å². The van der Waals surface area contributed by atoms with Crippen LogP contribution < -0.4 is 5.32 Å². The Morgan fingerprint density at radius 3 is 2.86 bits per heavy atom. The predicted molar refractivity (Wildman–Crippen MR) is 87.0 cm³/mol. The maximum Gasteiger partial charge on any atom is 0.253 e. The van der Waals surface area contributed by atoms with E-state index in [0.29, 0.717) is 24.7 Å². The number of carbonyl (C=O) groups excluding carboxylic acids is 1. The van der Waals surface area contributed by atoms with Crippen molar-refractivity contribution in [2.75, 3.05) is 19.7 Å². The molecule has 6 heteroatoms. The summed E-state index contributed by atoms with van der Waals surface area (Å²) in [6, 6.07) is 7.73. The number of benzene rings is 1. The molecule has 21 heavy (non-hydrogen) atoms. The number of rotatable bonds is 4. The minimum Gasteiger partial charge on any atom is -0.366 e. The largest absolute Gasteiger partial charge is 0.366 e. The zero-order chi connectivity index (χ0) is 14.5. The molecule has 1 saturated heterocycles. The lowest BCUT2D eigenvalue weighted by molar-refractivity contribution is -0.147. The number of carbonyl (C=O) groups is 1. The molecule has 0 aromatic heterocycles. The summed E-state index contributed by atoms with van der Waals surface area (Å²) in [6.45, 7) is 6.55. The molecule has 4 nitrogen and oxygen atoms in total. The smallest absolute Gasteiger partial charge is 0.253 e. The molecule has 1 N–H and O–H groups in total. The summed E-state index contributed by atoms with van der Waals surface area (Å²) in [4.78, 5) is 14.4. The second-order valence-electron chi connectivity index (χ2n) is 5.25. The molecule has 2 rings (SSSR count). The van der Waals surface area contributed by atoms with Gasteiger partial charge in [-0.1, -0.05) is 23.7 Å². The Kier molecular flexibility index (Phi) is 7.46. The summed E-state index contributed by atoms with van der Waals surface area (Å²) in [5.41, 5.74) is 1.03. The summed E-state index contributed by atoms with van der Waals surface area (Å²) in [5.74, 6) is 0.0344. The first-order valence-electron chi connectivity index (χ1n) is 6.95. The molecule has 1 aromatic carbocycles. The van der Waals surface area contributed by atoms with Crippen LogP contribution in [0.3, 0.4) is 0 Å². The molecule has 1 aromatic rings. The van der Waals surface area contributed by atoms with Gasteiger partial charge in [-0.05, 0) is 31.5 Å². The zero-order valence-corrected chi connectivity index (χ0v) is 13.9. The molecule has 1 amide bonds. The average molecular weight is 333 g/mol. The van der Waals surface area contributed by atoms with Crippen molar-refractivity contribution < 1.29 is 9.53 Å². The number of hydrogen-bond acceptors (Lipinski definition) is 3. The van der Waals surface area contributed by atoms with Crippen molar-refractivity contribution in [1.82, 2.24) is 10.2 Å². The highest BCUT2D eigenvalue weighted by Gasteiger charge is 2.28. The maximum atomic E-state index is 12.6. The van der Waals surface area contributed by atoms with Crippen molar-refractivity contribution in [3.8, 4) is 0 Å². The van der Waals surface area contributed by atoms with Crippen molar-refractivity contribution in [2.24, 2.45) is 0 Å². The van der Waals surface area contributed by atoms with Gasteiger partial charge in [-0.15, -0.1) is 12.4 Å². The van der Waals surface area contributed by atoms with Crippen molar-refractivity contribution in [2.45, 2.75) is 32.5 Å². The number of ether oxygens (including phenoxy) is 1. The SMILES string of the molecule is CC(C)N(Cc1cccc(Cl)c1)C(=O)C1CNCCO1.Cl. The van der Waals surface area contributed by atoms with Crippen LogP contribution in [0.15, 0.2) is 24.3 Å². The number of amides is 1. The van der Waals surface area contributed by atoms with E-state index in [1.807, 2.05) is 43.0 Å². The summed E-state index contributed by atoms with van der Waals surface area (Å²) in [6.07, 6.45) is -0.384. The van der Waals surface area contributed by atoms with Crippen LogP contribution in [0, 0.1) is 0 Å². The Balaban J connectivity index is 0.00000220. The van der Waals surface area contributed by atoms with E-state index < -0.39 is 0 Å². The standard InChI is InChI=1S/C15H21ClN2O2.ClH/c1-11(2)18(10-12-4-3-5-13(16)8-12)15(19)14-9-17-6-7-20-14;/h3-5,8,11,14,17H,6-7,9-10H2,1-2H3;1H. The number of nitrogens with zero attached hydrogens (tertiary/aromatic N) is 1. The van der Waals surface area contributed by atoms with Crippen LogP contribution in [0.1, 0.15) is 19.4 Å². The lowest BCUT2D eigenvalue weighted by Crippen LogP contribution is -2.51. The zero-order valence-electron chi connectivity index (χ0n) is 12.3. The van der Waals surface area contributed by atoms with Gasteiger partial charge in [-0.3, -0.25) is 4.79 Å². The molecule has 0 radical (unpaired) electrons. The van der Waals surface area contributed by atoms with E-state index in [9.17, 15) is 4.79 Å². The highest BCUT2D eigenvalue weighted by atomic mass is 35.5. The molecule has 0 bridgehead atoms. The van der Waals surface area contributed by atoms with Gasteiger partial charge in [-0.2, -0.15) is 0 Å². The maximum absolute atomic E-state index is 12.6. The second kappa shape index (κ2) is 8.59. The van der Waals surface area contributed by atoms with Crippen molar-refractivity contribution >= 4 is 29.9 Å². The van der Waals surface area contributed by atoms with Gasteiger partial charge in [0.25, 0.3) is 5.91 Å². The first-order chi connectivity index (χ1) is 9.58. The Hall–Kier alpha value is -0.810. The number of morpholine rings is 1. The lowest BCUT2D eigenvalue weighted by atomic mass is 10.1. The predicted octanol–water partition coefficient (Wildman–Crippen LogP) is 2.49. The molecule has 1 aliphatic rings. The van der Waals surface area contributed by atoms with E-state index in [1.54, 1.807) is 0 Å². The fourth-order valence-electron chi connectivity index (χ4n) is 2.26. The molecular weight excluding hydrogens is 311 g/mol.